The smallest absolute Gasteiger partial charge is 0.409 e. The molecule has 0 bridgehead atoms. The Hall–Kier alpha value is -1.52. The molecule has 1 N–H and O–H groups in total. The third-order valence-corrected chi connectivity index (χ3v) is 4.57. The molecule has 0 aliphatic carbocycles. The molecule has 1 spiro atoms. The number of ether oxygens (including phenoxy) is 1. The first kappa shape index (κ1) is 18.8. The second-order valence-corrected chi connectivity index (χ2v) is 6.26. The van der Waals surface area contributed by atoms with Crippen LogP contribution in [0.25, 0.3) is 0 Å². The number of carboxylic acid groups (broad SMARTS) is 1. The number of amides is 2. The Labute approximate surface area is 138 Å². The zero-order valence-electron chi connectivity index (χ0n) is 13.8. The van der Waals surface area contributed by atoms with Crippen molar-refractivity contribution in [3.05, 3.63) is 0 Å². The maximum atomic E-state index is 12.8. The molecule has 2 heterocycles. The van der Waals surface area contributed by atoms with E-state index in [4.69, 9.17) is 14.7 Å². The second kappa shape index (κ2) is 7.58. The number of hydroxylamine groups is 2. The third kappa shape index (κ3) is 4.31. The Kier molecular flexibility index (Phi) is 5.94. The SMILES string of the molecule is CON(C)C(=O)C1CN(CC(F)F)CC2(CCN(C(=O)O)CO2)C1. The number of piperidine rings is 1. The molecule has 24 heavy (non-hydrogen) atoms. The normalized spacial score (nSPS) is 28.4. The summed E-state index contributed by atoms with van der Waals surface area (Å²) in [5, 5.41) is 10.1. The first-order valence-electron chi connectivity index (χ1n) is 7.70. The van der Waals surface area contributed by atoms with Crippen molar-refractivity contribution < 1.29 is 33.1 Å². The Morgan fingerprint density at radius 3 is 2.71 bits per heavy atom. The number of carbonyl (C=O) groups excluding carboxylic acids is 1. The number of hydrogen-bond acceptors (Lipinski definition) is 5. The molecule has 0 aromatic carbocycles. The van der Waals surface area contributed by atoms with Crippen LogP contribution in [0.3, 0.4) is 0 Å². The van der Waals surface area contributed by atoms with Crippen molar-refractivity contribution in [1.29, 1.82) is 0 Å². The number of halogens is 2. The molecule has 0 aromatic rings. The predicted octanol–water partition coefficient (Wildman–Crippen LogP) is 0.690. The van der Waals surface area contributed by atoms with Gasteiger partial charge in [0.1, 0.15) is 6.73 Å². The van der Waals surface area contributed by atoms with Gasteiger partial charge in [-0.1, -0.05) is 0 Å². The van der Waals surface area contributed by atoms with Gasteiger partial charge in [0.15, 0.2) is 0 Å². The van der Waals surface area contributed by atoms with Crippen LogP contribution in [0.2, 0.25) is 0 Å². The topological polar surface area (TPSA) is 82.6 Å². The quantitative estimate of drug-likeness (QED) is 0.751. The lowest BCUT2D eigenvalue weighted by Crippen LogP contribution is -2.60. The van der Waals surface area contributed by atoms with Crippen molar-refractivity contribution in [3.63, 3.8) is 0 Å². The van der Waals surface area contributed by atoms with Crippen LogP contribution in [0.4, 0.5) is 13.6 Å². The molecule has 2 aliphatic heterocycles. The van der Waals surface area contributed by atoms with Gasteiger partial charge in [-0.2, -0.15) is 0 Å². The minimum atomic E-state index is -2.52. The van der Waals surface area contributed by atoms with Gasteiger partial charge in [0.05, 0.1) is 25.2 Å². The Balaban J connectivity index is 2.12. The lowest BCUT2D eigenvalue weighted by Gasteiger charge is -2.49. The predicted molar refractivity (Wildman–Crippen MR) is 78.4 cm³/mol. The molecule has 2 atom stereocenters. The Morgan fingerprint density at radius 1 is 1.50 bits per heavy atom. The number of likely N-dealkylation sites (tertiary alicyclic amines) is 1. The monoisotopic (exact) mass is 351 g/mol. The first-order chi connectivity index (χ1) is 11.3. The van der Waals surface area contributed by atoms with E-state index in [-0.39, 0.29) is 32.3 Å². The highest BCUT2D eigenvalue weighted by atomic mass is 19.3. The van der Waals surface area contributed by atoms with Crippen molar-refractivity contribution in [1.82, 2.24) is 14.9 Å². The third-order valence-electron chi connectivity index (χ3n) is 4.57. The fourth-order valence-corrected chi connectivity index (χ4v) is 3.34. The highest BCUT2D eigenvalue weighted by Gasteiger charge is 2.46. The molecule has 2 saturated heterocycles. The zero-order chi connectivity index (χ0) is 17.9. The number of rotatable bonds is 4. The fraction of sp³-hybridized carbons (Fsp3) is 0.857. The van der Waals surface area contributed by atoms with Gasteiger partial charge in [-0.25, -0.2) is 18.6 Å². The summed E-state index contributed by atoms with van der Waals surface area (Å²) in [6, 6.07) is 0. The Morgan fingerprint density at radius 2 is 2.21 bits per heavy atom. The number of alkyl halides is 2. The van der Waals surface area contributed by atoms with Crippen LogP contribution < -0.4 is 0 Å². The summed E-state index contributed by atoms with van der Waals surface area (Å²) in [5.41, 5.74) is -0.798. The summed E-state index contributed by atoms with van der Waals surface area (Å²) < 4.78 is 31.3. The van der Waals surface area contributed by atoms with Crippen molar-refractivity contribution in [2.24, 2.45) is 5.92 Å². The van der Waals surface area contributed by atoms with Crippen LogP contribution in [0.1, 0.15) is 12.8 Å². The first-order valence-corrected chi connectivity index (χ1v) is 7.70. The minimum Gasteiger partial charge on any atom is -0.465 e. The van der Waals surface area contributed by atoms with Crippen LogP contribution in [-0.4, -0.2) is 91.1 Å². The molecular weight excluding hydrogens is 328 g/mol. The summed E-state index contributed by atoms with van der Waals surface area (Å²) >= 11 is 0. The van der Waals surface area contributed by atoms with Crippen molar-refractivity contribution >= 4 is 12.0 Å². The van der Waals surface area contributed by atoms with E-state index in [1.165, 1.54) is 19.1 Å². The molecular formula is C14H23F2N3O5. The summed E-state index contributed by atoms with van der Waals surface area (Å²) in [7, 11) is 2.82. The number of carbonyl (C=O) groups is 2. The van der Waals surface area contributed by atoms with Crippen molar-refractivity contribution in [2.75, 3.05) is 47.1 Å². The van der Waals surface area contributed by atoms with Gasteiger partial charge in [-0.15, -0.1) is 0 Å². The van der Waals surface area contributed by atoms with E-state index in [2.05, 4.69) is 0 Å². The van der Waals surface area contributed by atoms with Gasteiger partial charge >= 0.3 is 6.09 Å². The molecule has 8 nitrogen and oxygen atoms in total. The summed E-state index contributed by atoms with van der Waals surface area (Å²) in [5.74, 6) is -0.848. The fourth-order valence-electron chi connectivity index (χ4n) is 3.34. The maximum Gasteiger partial charge on any atom is 0.409 e. The maximum absolute atomic E-state index is 12.8. The van der Waals surface area contributed by atoms with Gasteiger partial charge < -0.3 is 9.84 Å². The molecule has 10 heteroatoms. The van der Waals surface area contributed by atoms with Crippen LogP contribution in [0.5, 0.6) is 0 Å². The van der Waals surface area contributed by atoms with E-state index in [1.807, 2.05) is 0 Å². The average molecular weight is 351 g/mol. The lowest BCUT2D eigenvalue weighted by molar-refractivity contribution is -0.193. The minimum absolute atomic E-state index is 0.126. The highest BCUT2D eigenvalue weighted by molar-refractivity contribution is 5.78. The lowest BCUT2D eigenvalue weighted by atomic mass is 9.81. The van der Waals surface area contributed by atoms with E-state index in [0.717, 1.165) is 9.96 Å². The second-order valence-electron chi connectivity index (χ2n) is 6.26. The number of hydrogen-bond donors (Lipinski definition) is 1. The molecule has 0 radical (unpaired) electrons. The van der Waals surface area contributed by atoms with Crippen LogP contribution in [0, 0.1) is 5.92 Å². The molecule has 2 unspecified atom stereocenters. The standard InChI is InChI=1S/C14H23F2N3O5/c1-17(23-2)12(20)10-5-14(8-18(6-10)7-11(15)16)3-4-19(9-24-14)13(21)22/h10-11H,3-9H2,1-2H3,(H,21,22). The largest absolute Gasteiger partial charge is 0.465 e. The van der Waals surface area contributed by atoms with Gasteiger partial charge in [0, 0.05) is 26.7 Å². The molecule has 2 aliphatic rings. The molecule has 0 saturated carbocycles. The summed E-state index contributed by atoms with van der Waals surface area (Å²) in [6.45, 7) is 0.127. The van der Waals surface area contributed by atoms with Gasteiger partial charge in [-0.3, -0.25) is 19.4 Å². The molecule has 2 fully saturated rings. The van der Waals surface area contributed by atoms with Gasteiger partial charge in [0.25, 0.3) is 6.43 Å². The number of nitrogens with zero attached hydrogens (tertiary/aromatic N) is 3. The van der Waals surface area contributed by atoms with Crippen LogP contribution in [-0.2, 0) is 14.4 Å². The molecule has 2 amide bonds. The van der Waals surface area contributed by atoms with E-state index in [1.54, 1.807) is 0 Å². The Bertz CT molecular complexity index is 471. The van der Waals surface area contributed by atoms with E-state index >= 15 is 0 Å². The zero-order valence-corrected chi connectivity index (χ0v) is 13.8. The molecule has 0 aromatic heterocycles. The van der Waals surface area contributed by atoms with Gasteiger partial charge in [-0.05, 0) is 12.8 Å². The van der Waals surface area contributed by atoms with Crippen molar-refractivity contribution in [2.45, 2.75) is 24.9 Å². The van der Waals surface area contributed by atoms with Crippen LogP contribution >= 0.6 is 0 Å². The van der Waals surface area contributed by atoms with Crippen LogP contribution in [0.15, 0.2) is 0 Å². The average Bonchev–Trinajstić information content (AvgIpc) is 2.52. The highest BCUT2D eigenvalue weighted by Crippen LogP contribution is 2.35. The van der Waals surface area contributed by atoms with Crippen molar-refractivity contribution in [3.8, 4) is 0 Å². The van der Waals surface area contributed by atoms with E-state index < -0.39 is 30.6 Å². The van der Waals surface area contributed by atoms with E-state index in [0.29, 0.717) is 12.8 Å². The summed E-state index contributed by atoms with van der Waals surface area (Å²) in [4.78, 5) is 30.9. The molecule has 2 rings (SSSR count). The molecule has 138 valence electrons. The van der Waals surface area contributed by atoms with Gasteiger partial charge in [0.2, 0.25) is 5.91 Å². The van der Waals surface area contributed by atoms with E-state index in [9.17, 15) is 18.4 Å². The summed E-state index contributed by atoms with van der Waals surface area (Å²) in [6.07, 6.45) is -2.89.